The van der Waals surface area contributed by atoms with Crippen LogP contribution in [0.25, 0.3) is 11.0 Å². The predicted octanol–water partition coefficient (Wildman–Crippen LogP) is 1.37. The fourth-order valence-corrected chi connectivity index (χ4v) is 4.15. The van der Waals surface area contributed by atoms with Crippen LogP contribution in [-0.4, -0.2) is 45.7 Å². The van der Waals surface area contributed by atoms with Crippen molar-refractivity contribution < 1.29 is 29.0 Å². The molecule has 2 aromatic rings. The smallest absolute Gasteiger partial charge is 0.352 e. The lowest BCUT2D eigenvalue weighted by Crippen LogP contribution is -2.63. The summed E-state index contributed by atoms with van der Waals surface area (Å²) in [6.07, 6.45) is 0.459. The van der Waals surface area contributed by atoms with Crippen molar-refractivity contribution in [1.82, 2.24) is 4.90 Å². The second-order valence-electron chi connectivity index (χ2n) is 7.16. The van der Waals surface area contributed by atoms with Crippen LogP contribution in [0.1, 0.15) is 13.8 Å². The highest BCUT2D eigenvalue weighted by molar-refractivity contribution is 6.00. The maximum Gasteiger partial charge on any atom is 0.352 e. The Hall–Kier alpha value is -3.13. The van der Waals surface area contributed by atoms with Crippen molar-refractivity contribution in [2.24, 2.45) is 11.8 Å². The summed E-state index contributed by atoms with van der Waals surface area (Å²) in [5, 5.41) is 19.8. The molecular formula is C20H19NO7. The Labute approximate surface area is 159 Å². The zero-order chi connectivity index (χ0) is 20.2. The monoisotopic (exact) mass is 385 g/mol. The maximum absolute atomic E-state index is 12.3. The lowest BCUT2D eigenvalue weighted by molar-refractivity contribution is -0.163. The van der Waals surface area contributed by atoms with E-state index in [2.05, 4.69) is 0 Å². The van der Waals surface area contributed by atoms with E-state index >= 15 is 0 Å². The van der Waals surface area contributed by atoms with Crippen LogP contribution in [0.3, 0.4) is 0 Å². The number of aliphatic carboxylic acids is 1. The van der Waals surface area contributed by atoms with Crippen LogP contribution in [0.4, 0.5) is 0 Å². The Balaban J connectivity index is 1.62. The van der Waals surface area contributed by atoms with Gasteiger partial charge in [0.05, 0.1) is 29.7 Å². The number of amides is 1. The van der Waals surface area contributed by atoms with Gasteiger partial charge in [0.1, 0.15) is 23.6 Å². The van der Waals surface area contributed by atoms with E-state index in [0.717, 1.165) is 0 Å². The molecule has 0 spiro atoms. The van der Waals surface area contributed by atoms with Crippen molar-refractivity contribution in [2.45, 2.75) is 26.0 Å². The zero-order valence-electron chi connectivity index (χ0n) is 15.3. The van der Waals surface area contributed by atoms with Crippen molar-refractivity contribution in [3.8, 4) is 5.75 Å². The van der Waals surface area contributed by atoms with Gasteiger partial charge >= 0.3 is 5.97 Å². The third kappa shape index (κ3) is 2.60. The number of fused-ring (bicyclic) bond motifs is 2. The summed E-state index contributed by atoms with van der Waals surface area (Å²) in [7, 11) is 0. The van der Waals surface area contributed by atoms with E-state index in [1.54, 1.807) is 18.2 Å². The second kappa shape index (κ2) is 6.49. The summed E-state index contributed by atoms with van der Waals surface area (Å²) in [5.41, 5.74) is 0.615. The van der Waals surface area contributed by atoms with Crippen LogP contribution in [0, 0.1) is 11.8 Å². The number of aliphatic hydroxyl groups excluding tert-OH is 1. The molecule has 0 radical (unpaired) electrons. The molecule has 0 unspecified atom stereocenters. The number of nitrogens with zero attached hydrogens (tertiary/aromatic N) is 1. The highest BCUT2D eigenvalue weighted by atomic mass is 16.5. The quantitative estimate of drug-likeness (QED) is 0.747. The van der Waals surface area contributed by atoms with Gasteiger partial charge in [-0.1, -0.05) is 6.92 Å². The maximum atomic E-state index is 12.3. The van der Waals surface area contributed by atoms with Crippen LogP contribution >= 0.6 is 0 Å². The molecule has 1 saturated heterocycles. The van der Waals surface area contributed by atoms with Gasteiger partial charge < -0.3 is 24.3 Å². The number of hydrogen-bond donors (Lipinski definition) is 2. The zero-order valence-corrected chi connectivity index (χ0v) is 15.3. The summed E-state index contributed by atoms with van der Waals surface area (Å²) in [4.78, 5) is 37.3. The number of aliphatic hydroxyl groups is 1. The van der Waals surface area contributed by atoms with Crippen molar-refractivity contribution in [1.29, 1.82) is 0 Å². The molecule has 4 rings (SSSR count). The van der Waals surface area contributed by atoms with Crippen LogP contribution in [0.2, 0.25) is 0 Å². The molecule has 1 aromatic heterocycles. The minimum atomic E-state index is -1.20. The van der Waals surface area contributed by atoms with Gasteiger partial charge in [0.2, 0.25) is 5.91 Å². The topological polar surface area (TPSA) is 117 Å². The number of hydrogen-bond acceptors (Lipinski definition) is 6. The Morgan fingerprint density at radius 1 is 1.32 bits per heavy atom. The van der Waals surface area contributed by atoms with E-state index in [1.807, 2.05) is 6.92 Å². The number of benzene rings is 1. The molecule has 3 heterocycles. The third-order valence-corrected chi connectivity index (χ3v) is 5.54. The number of carbonyl (C=O) groups is 2. The molecule has 0 bridgehead atoms. The van der Waals surface area contributed by atoms with Crippen molar-refractivity contribution in [2.75, 3.05) is 6.61 Å². The Morgan fingerprint density at radius 3 is 2.75 bits per heavy atom. The fourth-order valence-electron chi connectivity index (χ4n) is 4.15. The minimum absolute atomic E-state index is 0.0424. The third-order valence-electron chi connectivity index (χ3n) is 5.54. The molecule has 2 aliphatic heterocycles. The summed E-state index contributed by atoms with van der Waals surface area (Å²) in [6, 6.07) is 5.70. The van der Waals surface area contributed by atoms with E-state index in [9.17, 15) is 24.6 Å². The highest BCUT2D eigenvalue weighted by Crippen LogP contribution is 2.47. The van der Waals surface area contributed by atoms with E-state index in [1.165, 1.54) is 24.2 Å². The number of rotatable bonds is 5. The molecule has 28 heavy (non-hydrogen) atoms. The first-order chi connectivity index (χ1) is 13.3. The highest BCUT2D eigenvalue weighted by Gasteiger charge is 2.59. The summed E-state index contributed by atoms with van der Waals surface area (Å²) in [6.45, 7) is 3.31. The average molecular weight is 385 g/mol. The van der Waals surface area contributed by atoms with Crippen LogP contribution in [-0.2, 0) is 9.59 Å². The molecular weight excluding hydrogens is 366 g/mol. The number of carbonyl (C=O) groups excluding carboxylic acids is 1. The van der Waals surface area contributed by atoms with Crippen LogP contribution in [0.5, 0.6) is 5.75 Å². The number of β-lactam (4-membered cyclic amide) rings is 1. The average Bonchev–Trinajstić information content (AvgIpc) is 2.89. The summed E-state index contributed by atoms with van der Waals surface area (Å²) < 4.78 is 11.0. The Kier molecular flexibility index (Phi) is 4.23. The van der Waals surface area contributed by atoms with Gasteiger partial charge in [-0.15, -0.1) is 0 Å². The van der Waals surface area contributed by atoms with Gasteiger partial charge in [-0.2, -0.15) is 0 Å². The van der Waals surface area contributed by atoms with Gasteiger partial charge in [-0.25, -0.2) is 4.79 Å². The SMILES string of the molecule is C[C@@H](O)[C@H]1C(=O)N2C(C(=O)O)=C(COc3ccc4occc(=O)c4c3)[C@H](C)[C@H]12. The number of carboxylic acids is 1. The predicted molar refractivity (Wildman–Crippen MR) is 97.6 cm³/mol. The first kappa shape index (κ1) is 18.2. The van der Waals surface area contributed by atoms with E-state index in [-0.39, 0.29) is 35.6 Å². The second-order valence-corrected chi connectivity index (χ2v) is 7.16. The van der Waals surface area contributed by atoms with Crippen molar-refractivity contribution in [3.63, 3.8) is 0 Å². The van der Waals surface area contributed by atoms with Gasteiger partial charge in [0.15, 0.2) is 5.43 Å². The summed E-state index contributed by atoms with van der Waals surface area (Å²) in [5.74, 6) is -2.09. The molecule has 8 nitrogen and oxygen atoms in total. The molecule has 146 valence electrons. The normalized spacial score (nSPS) is 24.9. The molecule has 0 aliphatic carbocycles. The molecule has 4 atom stereocenters. The number of carboxylic acid groups (broad SMARTS) is 1. The van der Waals surface area contributed by atoms with Gasteiger partial charge in [0, 0.05) is 17.6 Å². The molecule has 8 heteroatoms. The van der Waals surface area contributed by atoms with E-state index in [4.69, 9.17) is 9.15 Å². The van der Waals surface area contributed by atoms with E-state index < -0.39 is 18.0 Å². The summed E-state index contributed by atoms with van der Waals surface area (Å²) >= 11 is 0. The molecule has 2 N–H and O–H groups in total. The number of ether oxygens (including phenoxy) is 1. The Bertz CT molecular complexity index is 1070. The minimum Gasteiger partial charge on any atom is -0.489 e. The van der Waals surface area contributed by atoms with E-state index in [0.29, 0.717) is 22.3 Å². The fraction of sp³-hybridized carbons (Fsp3) is 0.350. The van der Waals surface area contributed by atoms with Gasteiger partial charge in [0.25, 0.3) is 0 Å². The first-order valence-corrected chi connectivity index (χ1v) is 8.93. The first-order valence-electron chi connectivity index (χ1n) is 8.93. The van der Waals surface area contributed by atoms with Gasteiger partial charge in [-0.3, -0.25) is 9.59 Å². The molecule has 0 saturated carbocycles. The largest absolute Gasteiger partial charge is 0.489 e. The standard InChI is InChI=1S/C20H19NO7/c1-9-13(18(20(25)26)21-17(9)16(10(2)22)19(21)24)8-28-11-3-4-15-12(7-11)14(23)5-6-27-15/h3-7,9-10,16-17,22H,8H2,1-2H3,(H,25,26)/t9-,10+,16+,17+/m0/s1. The molecule has 1 amide bonds. The van der Waals surface area contributed by atoms with Gasteiger partial charge in [-0.05, 0) is 25.1 Å². The molecule has 1 fully saturated rings. The molecule has 1 aromatic carbocycles. The Morgan fingerprint density at radius 2 is 2.07 bits per heavy atom. The van der Waals surface area contributed by atoms with Crippen LogP contribution < -0.4 is 10.2 Å². The van der Waals surface area contributed by atoms with Crippen molar-refractivity contribution in [3.05, 3.63) is 52.0 Å². The van der Waals surface area contributed by atoms with Crippen molar-refractivity contribution >= 4 is 22.8 Å². The van der Waals surface area contributed by atoms with Crippen LogP contribution in [0.15, 0.2) is 51.0 Å². The lowest BCUT2D eigenvalue weighted by Gasteiger charge is -2.46. The lowest BCUT2D eigenvalue weighted by atomic mass is 9.78. The molecule has 2 aliphatic rings.